The van der Waals surface area contributed by atoms with Crippen molar-refractivity contribution in [2.45, 2.75) is 34.2 Å². The number of aromatic nitrogens is 7. The minimum Gasteiger partial charge on any atom is -0.358 e. The van der Waals surface area contributed by atoms with Gasteiger partial charge in [-0.05, 0) is 53.8 Å². The molecule has 0 aliphatic rings. The van der Waals surface area contributed by atoms with Crippen molar-refractivity contribution in [1.82, 2.24) is 34.1 Å². The molecule has 0 unspecified atom stereocenters. The molecule has 0 aliphatic carbocycles. The second-order valence-electron chi connectivity index (χ2n) is 7.80. The molecule has 0 N–H and O–H groups in total. The van der Waals surface area contributed by atoms with Crippen molar-refractivity contribution in [3.63, 3.8) is 0 Å². The Morgan fingerprint density at radius 2 is 1.84 bits per heavy atom. The van der Waals surface area contributed by atoms with E-state index in [-0.39, 0.29) is 5.82 Å². The Bertz CT molecular complexity index is 1520. The van der Waals surface area contributed by atoms with Crippen LogP contribution in [0.15, 0.2) is 82.5 Å². The molecule has 0 radical (unpaired) electrons. The van der Waals surface area contributed by atoms with E-state index in [1.54, 1.807) is 42.0 Å². The highest BCUT2D eigenvalue weighted by atomic mass is 32.2. The van der Waals surface area contributed by atoms with Crippen LogP contribution in [0.1, 0.15) is 17.7 Å². The van der Waals surface area contributed by atoms with Crippen LogP contribution in [-0.4, -0.2) is 50.5 Å². The van der Waals surface area contributed by atoms with Crippen LogP contribution in [0.4, 0.5) is 5.82 Å². The number of imidazole rings is 2. The summed E-state index contributed by atoms with van der Waals surface area (Å²) in [6, 6.07) is 11.5. The number of hydrogen-bond donors (Lipinski definition) is 0. The molecule has 37 heavy (non-hydrogen) atoms. The smallest absolute Gasteiger partial charge is 0.358 e. The first-order valence-corrected chi connectivity index (χ1v) is 14.3. The molecule has 0 amide bonds. The van der Waals surface area contributed by atoms with Crippen LogP contribution in [0, 0.1) is 17.0 Å². The van der Waals surface area contributed by atoms with E-state index in [1.165, 1.54) is 21.2 Å². The van der Waals surface area contributed by atoms with Crippen molar-refractivity contribution in [1.29, 1.82) is 0 Å². The topological polar surface area (TPSA) is 117 Å². The van der Waals surface area contributed by atoms with Gasteiger partial charge in [-0.15, -0.1) is 23.5 Å². The van der Waals surface area contributed by atoms with E-state index in [0.29, 0.717) is 11.4 Å². The van der Waals surface area contributed by atoms with E-state index in [9.17, 15) is 10.1 Å². The molecule has 5 aromatic rings. The lowest BCUT2D eigenvalue weighted by molar-refractivity contribution is -0.391. The highest BCUT2D eigenvalue weighted by Crippen LogP contribution is 2.29. The lowest BCUT2D eigenvalue weighted by Crippen LogP contribution is -1.99. The Kier molecular flexibility index (Phi) is 8.02. The molecule has 0 saturated heterocycles. The van der Waals surface area contributed by atoms with E-state index < -0.39 is 4.92 Å². The van der Waals surface area contributed by atoms with E-state index in [0.717, 1.165) is 39.6 Å². The summed E-state index contributed by atoms with van der Waals surface area (Å²) in [6.45, 7) is 2.11. The van der Waals surface area contributed by atoms with Crippen molar-refractivity contribution in [3.8, 4) is 5.82 Å². The summed E-state index contributed by atoms with van der Waals surface area (Å²) in [5.74, 6) is 3.23. The Morgan fingerprint density at radius 1 is 0.946 bits per heavy atom. The predicted molar refractivity (Wildman–Crippen MR) is 146 cm³/mol. The molecule has 0 atom stereocenters. The summed E-state index contributed by atoms with van der Waals surface area (Å²) < 4.78 is 3.26. The summed E-state index contributed by atoms with van der Waals surface area (Å²) in [6.07, 6.45) is 9.53. The van der Waals surface area contributed by atoms with E-state index in [2.05, 4.69) is 38.0 Å². The number of nitrogens with zero attached hydrogens (tertiary/aromatic N) is 8. The molecule has 13 heteroatoms. The molecule has 0 aromatic carbocycles. The number of pyridine rings is 2. The van der Waals surface area contributed by atoms with Gasteiger partial charge < -0.3 is 10.1 Å². The first-order chi connectivity index (χ1) is 18.1. The second kappa shape index (κ2) is 11.8. The van der Waals surface area contributed by atoms with E-state index in [4.69, 9.17) is 0 Å². The van der Waals surface area contributed by atoms with Gasteiger partial charge in [0, 0.05) is 47.3 Å². The summed E-state index contributed by atoms with van der Waals surface area (Å²) in [7, 11) is 0. The van der Waals surface area contributed by atoms with Crippen molar-refractivity contribution in [2.24, 2.45) is 0 Å². The van der Waals surface area contributed by atoms with Crippen molar-refractivity contribution in [2.75, 3.05) is 11.5 Å². The zero-order valence-corrected chi connectivity index (χ0v) is 22.2. The SMILES string of the molecule is Cc1c(SCCCSc2ccc3ncc([N+](=O)[O-])n3n2)ccnc1CSc1nccn1-c1ccccn1. The molecule has 0 bridgehead atoms. The van der Waals surface area contributed by atoms with Crippen molar-refractivity contribution < 1.29 is 4.92 Å². The molecule has 188 valence electrons. The third-order valence-corrected chi connectivity index (χ3v) is 8.63. The lowest BCUT2D eigenvalue weighted by Gasteiger charge is -2.11. The average molecular weight is 551 g/mol. The van der Waals surface area contributed by atoms with Crippen molar-refractivity contribution in [3.05, 3.63) is 88.8 Å². The van der Waals surface area contributed by atoms with Gasteiger partial charge in [0.25, 0.3) is 0 Å². The molecule has 5 heterocycles. The predicted octanol–water partition coefficient (Wildman–Crippen LogP) is 5.49. The Balaban J connectivity index is 1.13. The molecule has 0 saturated carbocycles. The highest BCUT2D eigenvalue weighted by Gasteiger charge is 2.16. The maximum atomic E-state index is 11.1. The number of rotatable bonds is 11. The maximum Gasteiger partial charge on any atom is 0.368 e. The molecule has 0 aliphatic heterocycles. The van der Waals surface area contributed by atoms with Gasteiger partial charge >= 0.3 is 5.82 Å². The Hall–Kier alpha value is -3.42. The third-order valence-electron chi connectivity index (χ3n) is 5.40. The van der Waals surface area contributed by atoms with Crippen LogP contribution >= 0.6 is 35.3 Å². The van der Waals surface area contributed by atoms with Gasteiger partial charge in [0.1, 0.15) is 17.0 Å². The second-order valence-corrected chi connectivity index (χ2v) is 11.0. The first kappa shape index (κ1) is 25.2. The van der Waals surface area contributed by atoms with Gasteiger partial charge in [0.15, 0.2) is 5.16 Å². The van der Waals surface area contributed by atoms with E-state index >= 15 is 0 Å². The molecular weight excluding hydrogens is 529 g/mol. The van der Waals surface area contributed by atoms with Crippen LogP contribution in [0.3, 0.4) is 0 Å². The fraction of sp³-hybridized carbons (Fsp3) is 0.208. The Morgan fingerprint density at radius 3 is 2.68 bits per heavy atom. The van der Waals surface area contributed by atoms with Gasteiger partial charge in [-0.2, -0.15) is 0 Å². The summed E-state index contributed by atoms with van der Waals surface area (Å²) in [4.78, 5) is 29.4. The zero-order chi connectivity index (χ0) is 25.6. The monoisotopic (exact) mass is 550 g/mol. The quantitative estimate of drug-likeness (QED) is 0.0904. The molecule has 10 nitrogen and oxygen atoms in total. The normalized spacial score (nSPS) is 11.3. The standard InChI is InChI=1S/C24H22N8O2S3/c1-17-18(16-37-24-27-11-12-30(24)20-5-2-3-9-26-20)25-10-8-19(17)35-13-4-14-36-22-7-6-21-28-15-23(32(33)34)31(21)29-22/h2-3,5-12,15H,4,13-14,16H2,1H3. The summed E-state index contributed by atoms with van der Waals surface area (Å²) in [5.41, 5.74) is 2.69. The van der Waals surface area contributed by atoms with Crippen LogP contribution < -0.4 is 0 Å². The molecule has 0 fully saturated rings. The van der Waals surface area contributed by atoms with Gasteiger partial charge in [0.05, 0.1) is 5.69 Å². The number of thioether (sulfide) groups is 3. The number of nitro groups is 1. The van der Waals surface area contributed by atoms with Crippen LogP contribution in [0.5, 0.6) is 0 Å². The fourth-order valence-corrected chi connectivity index (χ4v) is 6.49. The van der Waals surface area contributed by atoms with Crippen LogP contribution in [0.2, 0.25) is 0 Å². The van der Waals surface area contributed by atoms with Crippen LogP contribution in [0.25, 0.3) is 11.5 Å². The molecule has 5 rings (SSSR count). The highest BCUT2D eigenvalue weighted by molar-refractivity contribution is 8.00. The minimum absolute atomic E-state index is 0.129. The molecule has 5 aromatic heterocycles. The first-order valence-electron chi connectivity index (χ1n) is 11.4. The fourth-order valence-electron chi connectivity index (χ4n) is 3.52. The summed E-state index contributed by atoms with van der Waals surface area (Å²) >= 11 is 5.03. The van der Waals surface area contributed by atoms with Gasteiger partial charge in [0.2, 0.25) is 5.65 Å². The maximum absolute atomic E-state index is 11.1. The number of hydrogen-bond acceptors (Lipinski definition) is 10. The molecule has 0 spiro atoms. The largest absolute Gasteiger partial charge is 0.368 e. The van der Waals surface area contributed by atoms with Gasteiger partial charge in [-0.3, -0.25) is 9.55 Å². The van der Waals surface area contributed by atoms with Gasteiger partial charge in [-0.25, -0.2) is 15.0 Å². The van der Waals surface area contributed by atoms with Crippen molar-refractivity contribution >= 4 is 46.8 Å². The molecular formula is C24H22N8O2S3. The van der Waals surface area contributed by atoms with Crippen LogP contribution in [-0.2, 0) is 5.75 Å². The zero-order valence-electron chi connectivity index (χ0n) is 19.8. The third kappa shape index (κ3) is 5.95. The number of fused-ring (bicyclic) bond motifs is 1. The Labute approximate surface area is 225 Å². The average Bonchev–Trinajstić information content (AvgIpc) is 3.56. The van der Waals surface area contributed by atoms with E-state index in [1.807, 2.05) is 53.0 Å². The van der Waals surface area contributed by atoms with Gasteiger partial charge in [-0.1, -0.05) is 27.4 Å². The minimum atomic E-state index is -0.476. The lowest BCUT2D eigenvalue weighted by atomic mass is 10.2. The summed E-state index contributed by atoms with van der Waals surface area (Å²) in [5, 5.41) is 17.1.